The van der Waals surface area contributed by atoms with Gasteiger partial charge < -0.3 is 0 Å². The van der Waals surface area contributed by atoms with Gasteiger partial charge in [-0.3, -0.25) is 0 Å². The van der Waals surface area contributed by atoms with Crippen LogP contribution >= 0.6 is 15.9 Å². The van der Waals surface area contributed by atoms with Crippen LogP contribution in [-0.2, 0) is 12.8 Å². The molecule has 0 aliphatic heterocycles. The van der Waals surface area contributed by atoms with E-state index in [0.29, 0.717) is 0 Å². The van der Waals surface area contributed by atoms with E-state index >= 15 is 0 Å². The monoisotopic (exact) mass is 286 g/mol. The van der Waals surface area contributed by atoms with Crippen molar-refractivity contribution in [3.63, 3.8) is 0 Å². The Kier molecular flexibility index (Phi) is 2.79. The second-order valence-electron chi connectivity index (χ2n) is 4.71. The van der Waals surface area contributed by atoms with Crippen LogP contribution in [0, 0.1) is 6.92 Å². The van der Waals surface area contributed by atoms with E-state index in [1.54, 1.807) is 11.1 Å². The average Bonchev–Trinajstić information content (AvgIpc) is 2.81. The van der Waals surface area contributed by atoms with Gasteiger partial charge in [0.25, 0.3) is 0 Å². The van der Waals surface area contributed by atoms with Crippen molar-refractivity contribution in [1.82, 2.24) is 0 Å². The summed E-state index contributed by atoms with van der Waals surface area (Å²) in [6, 6.07) is 13.2. The van der Waals surface area contributed by atoms with Crippen molar-refractivity contribution in [3.05, 3.63) is 57.6 Å². The van der Waals surface area contributed by atoms with Crippen LogP contribution in [0.25, 0.3) is 11.1 Å². The first-order valence-corrected chi connectivity index (χ1v) is 6.93. The van der Waals surface area contributed by atoms with Gasteiger partial charge in [0.2, 0.25) is 0 Å². The topological polar surface area (TPSA) is 0 Å². The summed E-state index contributed by atoms with van der Waals surface area (Å²) in [6.45, 7) is 2.19. The van der Waals surface area contributed by atoms with Gasteiger partial charge in [0, 0.05) is 4.47 Å². The van der Waals surface area contributed by atoms with E-state index in [2.05, 4.69) is 59.3 Å². The lowest BCUT2D eigenvalue weighted by molar-refractivity contribution is 0.912. The molecule has 0 bridgehead atoms. The summed E-state index contributed by atoms with van der Waals surface area (Å²) >= 11 is 3.62. The molecule has 0 saturated carbocycles. The highest BCUT2D eigenvalue weighted by atomic mass is 79.9. The van der Waals surface area contributed by atoms with Crippen molar-refractivity contribution in [1.29, 1.82) is 0 Å². The van der Waals surface area contributed by atoms with E-state index in [-0.39, 0.29) is 0 Å². The number of halogens is 1. The van der Waals surface area contributed by atoms with E-state index in [0.717, 1.165) is 0 Å². The van der Waals surface area contributed by atoms with Gasteiger partial charge in [0.1, 0.15) is 0 Å². The second-order valence-corrected chi connectivity index (χ2v) is 5.56. The lowest BCUT2D eigenvalue weighted by atomic mass is 9.94. The molecule has 0 amide bonds. The summed E-state index contributed by atoms with van der Waals surface area (Å²) in [5.41, 5.74) is 7.25. The molecule has 0 radical (unpaired) electrons. The summed E-state index contributed by atoms with van der Waals surface area (Å²) in [5, 5.41) is 0. The fourth-order valence-electron chi connectivity index (χ4n) is 2.77. The molecule has 0 saturated heterocycles. The van der Waals surface area contributed by atoms with Crippen LogP contribution in [-0.4, -0.2) is 0 Å². The minimum Gasteiger partial charge on any atom is -0.0614 e. The minimum absolute atomic E-state index is 1.20. The zero-order valence-electron chi connectivity index (χ0n) is 9.96. The van der Waals surface area contributed by atoms with Crippen LogP contribution in [0.1, 0.15) is 23.1 Å². The van der Waals surface area contributed by atoms with E-state index in [9.17, 15) is 0 Å². The Morgan fingerprint density at radius 1 is 0.941 bits per heavy atom. The summed E-state index contributed by atoms with van der Waals surface area (Å²) in [5.74, 6) is 0. The molecular weight excluding hydrogens is 272 g/mol. The van der Waals surface area contributed by atoms with Gasteiger partial charge in [-0.15, -0.1) is 0 Å². The van der Waals surface area contributed by atoms with E-state index < -0.39 is 0 Å². The van der Waals surface area contributed by atoms with Gasteiger partial charge in [-0.2, -0.15) is 0 Å². The standard InChI is InChI=1S/C16H15Br/c1-11-13(7-4-10-16(11)17)15-9-3-6-12-5-2-8-14(12)15/h3-4,6-7,9-10H,2,5,8H2,1H3. The third-order valence-corrected chi connectivity index (χ3v) is 4.56. The lowest BCUT2D eigenvalue weighted by Gasteiger charge is -2.12. The van der Waals surface area contributed by atoms with Crippen molar-refractivity contribution in [3.8, 4) is 11.1 Å². The minimum atomic E-state index is 1.20. The molecule has 2 aromatic rings. The Labute approximate surface area is 111 Å². The highest BCUT2D eigenvalue weighted by Crippen LogP contribution is 2.35. The fraction of sp³-hybridized carbons (Fsp3) is 0.250. The summed E-state index contributed by atoms with van der Waals surface area (Å²) < 4.78 is 1.20. The van der Waals surface area contributed by atoms with Gasteiger partial charge in [-0.1, -0.05) is 46.3 Å². The molecule has 0 N–H and O–H groups in total. The number of benzene rings is 2. The molecule has 86 valence electrons. The Morgan fingerprint density at radius 3 is 2.59 bits per heavy atom. The van der Waals surface area contributed by atoms with Crippen LogP contribution in [0.4, 0.5) is 0 Å². The lowest BCUT2D eigenvalue weighted by Crippen LogP contribution is -1.91. The number of hydrogen-bond donors (Lipinski definition) is 0. The van der Waals surface area contributed by atoms with E-state index in [1.807, 2.05) is 0 Å². The van der Waals surface area contributed by atoms with Gasteiger partial charge in [-0.05, 0) is 60.1 Å². The Hall–Kier alpha value is -1.08. The summed E-state index contributed by atoms with van der Waals surface area (Å²) in [4.78, 5) is 0. The zero-order valence-corrected chi connectivity index (χ0v) is 11.5. The molecule has 1 heteroatoms. The van der Waals surface area contributed by atoms with Crippen LogP contribution in [0.5, 0.6) is 0 Å². The van der Waals surface area contributed by atoms with Crippen LogP contribution in [0.3, 0.4) is 0 Å². The third-order valence-electron chi connectivity index (χ3n) is 3.70. The maximum absolute atomic E-state index is 3.62. The fourth-order valence-corrected chi connectivity index (χ4v) is 3.14. The SMILES string of the molecule is Cc1c(Br)cccc1-c1cccc2c1CCC2. The highest BCUT2D eigenvalue weighted by Gasteiger charge is 2.16. The molecule has 0 atom stereocenters. The molecule has 1 aliphatic carbocycles. The first kappa shape index (κ1) is 11.0. The highest BCUT2D eigenvalue weighted by molar-refractivity contribution is 9.10. The predicted octanol–water partition coefficient (Wildman–Crippen LogP) is 4.91. The Balaban J connectivity index is 2.23. The molecule has 0 aromatic heterocycles. The predicted molar refractivity (Wildman–Crippen MR) is 76.3 cm³/mol. The second kappa shape index (κ2) is 4.30. The summed E-state index contributed by atoms with van der Waals surface area (Å²) in [7, 11) is 0. The number of hydrogen-bond acceptors (Lipinski definition) is 0. The first-order chi connectivity index (χ1) is 8.27. The Morgan fingerprint density at radius 2 is 1.71 bits per heavy atom. The van der Waals surface area contributed by atoms with Gasteiger partial charge >= 0.3 is 0 Å². The molecule has 0 nitrogen and oxygen atoms in total. The van der Waals surface area contributed by atoms with Crippen molar-refractivity contribution >= 4 is 15.9 Å². The van der Waals surface area contributed by atoms with Crippen molar-refractivity contribution < 1.29 is 0 Å². The molecule has 0 fully saturated rings. The smallest absolute Gasteiger partial charge is 0.0210 e. The maximum atomic E-state index is 3.62. The average molecular weight is 287 g/mol. The van der Waals surface area contributed by atoms with E-state index in [4.69, 9.17) is 0 Å². The van der Waals surface area contributed by atoms with Gasteiger partial charge in [-0.25, -0.2) is 0 Å². The molecule has 1 aliphatic rings. The van der Waals surface area contributed by atoms with E-state index in [1.165, 1.54) is 40.4 Å². The molecular formula is C16H15Br. The largest absolute Gasteiger partial charge is 0.0614 e. The molecule has 2 aromatic carbocycles. The number of aryl methyl sites for hydroxylation is 1. The maximum Gasteiger partial charge on any atom is 0.0210 e. The molecule has 17 heavy (non-hydrogen) atoms. The molecule has 3 rings (SSSR count). The molecule has 0 spiro atoms. The van der Waals surface area contributed by atoms with Gasteiger partial charge in [0.15, 0.2) is 0 Å². The third kappa shape index (κ3) is 1.83. The van der Waals surface area contributed by atoms with Crippen molar-refractivity contribution in [2.24, 2.45) is 0 Å². The van der Waals surface area contributed by atoms with Gasteiger partial charge in [0.05, 0.1) is 0 Å². The summed E-state index contributed by atoms with van der Waals surface area (Å²) in [6.07, 6.45) is 3.78. The first-order valence-electron chi connectivity index (χ1n) is 6.13. The van der Waals surface area contributed by atoms with Crippen LogP contribution < -0.4 is 0 Å². The molecule has 0 unspecified atom stereocenters. The molecule has 0 heterocycles. The van der Waals surface area contributed by atoms with Crippen LogP contribution in [0.2, 0.25) is 0 Å². The van der Waals surface area contributed by atoms with Crippen molar-refractivity contribution in [2.45, 2.75) is 26.2 Å². The number of fused-ring (bicyclic) bond motifs is 1. The Bertz CT molecular complexity index is 570. The normalized spacial score (nSPS) is 13.8. The zero-order chi connectivity index (χ0) is 11.8. The van der Waals surface area contributed by atoms with Crippen LogP contribution in [0.15, 0.2) is 40.9 Å². The van der Waals surface area contributed by atoms with Crippen molar-refractivity contribution in [2.75, 3.05) is 0 Å². The quantitative estimate of drug-likeness (QED) is 0.699. The number of rotatable bonds is 1.